The van der Waals surface area contributed by atoms with Gasteiger partial charge in [-0.05, 0) is 12.8 Å². The van der Waals surface area contributed by atoms with Crippen LogP contribution in [0.3, 0.4) is 0 Å². The first-order chi connectivity index (χ1) is 6.53. The van der Waals surface area contributed by atoms with Crippen LogP contribution in [0.1, 0.15) is 12.8 Å². The fourth-order valence-corrected chi connectivity index (χ4v) is 2.26. The minimum absolute atomic E-state index is 0.107. The SMILES string of the molecule is C=CC[C@H]1COCC[C@H]1OS(C)(=O)=O. The fourth-order valence-electron chi connectivity index (χ4n) is 1.56. The van der Waals surface area contributed by atoms with Crippen LogP contribution in [0.4, 0.5) is 0 Å². The van der Waals surface area contributed by atoms with Crippen LogP contribution in [0.5, 0.6) is 0 Å². The van der Waals surface area contributed by atoms with E-state index in [1.807, 2.05) is 0 Å². The van der Waals surface area contributed by atoms with Crippen molar-refractivity contribution in [1.82, 2.24) is 0 Å². The van der Waals surface area contributed by atoms with E-state index in [0.29, 0.717) is 19.6 Å². The Bertz CT molecular complexity index is 283. The number of allylic oxidation sites excluding steroid dienone is 1. The lowest BCUT2D eigenvalue weighted by molar-refractivity contribution is -0.0192. The summed E-state index contributed by atoms with van der Waals surface area (Å²) in [5, 5.41) is 0. The summed E-state index contributed by atoms with van der Waals surface area (Å²) in [7, 11) is -3.36. The molecule has 0 radical (unpaired) electrons. The number of hydrogen-bond acceptors (Lipinski definition) is 4. The van der Waals surface area contributed by atoms with Gasteiger partial charge in [0.05, 0.1) is 19.0 Å². The van der Waals surface area contributed by atoms with E-state index >= 15 is 0 Å². The first kappa shape index (κ1) is 11.7. The molecule has 0 bridgehead atoms. The summed E-state index contributed by atoms with van der Waals surface area (Å²) in [6.07, 6.45) is 3.94. The van der Waals surface area contributed by atoms with Crippen molar-refractivity contribution in [3.63, 3.8) is 0 Å². The van der Waals surface area contributed by atoms with Crippen molar-refractivity contribution in [2.45, 2.75) is 18.9 Å². The zero-order chi connectivity index (χ0) is 10.6. The largest absolute Gasteiger partial charge is 0.381 e. The topological polar surface area (TPSA) is 52.6 Å². The van der Waals surface area contributed by atoms with Crippen LogP contribution in [0.2, 0.25) is 0 Å². The summed E-state index contributed by atoms with van der Waals surface area (Å²) in [5.41, 5.74) is 0. The van der Waals surface area contributed by atoms with E-state index in [9.17, 15) is 8.42 Å². The molecule has 5 heteroatoms. The van der Waals surface area contributed by atoms with Gasteiger partial charge in [0.2, 0.25) is 0 Å². The van der Waals surface area contributed by atoms with Crippen LogP contribution < -0.4 is 0 Å². The van der Waals surface area contributed by atoms with Crippen molar-refractivity contribution in [3.05, 3.63) is 12.7 Å². The Hall–Kier alpha value is -0.390. The van der Waals surface area contributed by atoms with E-state index in [-0.39, 0.29) is 12.0 Å². The highest BCUT2D eigenvalue weighted by Gasteiger charge is 2.28. The molecule has 82 valence electrons. The predicted molar refractivity (Wildman–Crippen MR) is 53.5 cm³/mol. The van der Waals surface area contributed by atoms with Gasteiger partial charge in [-0.25, -0.2) is 0 Å². The molecule has 1 heterocycles. The summed E-state index contributed by atoms with van der Waals surface area (Å²) in [6.45, 7) is 4.74. The molecule has 1 aliphatic rings. The predicted octanol–water partition coefficient (Wildman–Crippen LogP) is 0.944. The van der Waals surface area contributed by atoms with E-state index < -0.39 is 10.1 Å². The van der Waals surface area contributed by atoms with E-state index in [4.69, 9.17) is 8.92 Å². The molecule has 0 amide bonds. The van der Waals surface area contributed by atoms with Crippen LogP contribution in [-0.2, 0) is 19.0 Å². The Balaban J connectivity index is 2.58. The van der Waals surface area contributed by atoms with Gasteiger partial charge in [0.25, 0.3) is 10.1 Å². The van der Waals surface area contributed by atoms with E-state index in [1.54, 1.807) is 6.08 Å². The maximum atomic E-state index is 11.0. The van der Waals surface area contributed by atoms with Crippen LogP contribution in [0.15, 0.2) is 12.7 Å². The van der Waals surface area contributed by atoms with Gasteiger partial charge in [0, 0.05) is 12.5 Å². The fraction of sp³-hybridized carbons (Fsp3) is 0.778. The lowest BCUT2D eigenvalue weighted by Crippen LogP contribution is -2.35. The molecular weight excluding hydrogens is 204 g/mol. The highest BCUT2D eigenvalue weighted by molar-refractivity contribution is 7.86. The Morgan fingerprint density at radius 3 is 2.93 bits per heavy atom. The zero-order valence-electron chi connectivity index (χ0n) is 8.31. The van der Waals surface area contributed by atoms with Crippen LogP contribution in [-0.4, -0.2) is 34.0 Å². The molecule has 1 fully saturated rings. The van der Waals surface area contributed by atoms with Crippen molar-refractivity contribution in [2.24, 2.45) is 5.92 Å². The molecule has 0 aromatic heterocycles. The summed E-state index contributed by atoms with van der Waals surface area (Å²) in [6, 6.07) is 0. The first-order valence-corrected chi connectivity index (χ1v) is 6.41. The van der Waals surface area contributed by atoms with Crippen molar-refractivity contribution in [3.8, 4) is 0 Å². The third-order valence-corrected chi connectivity index (χ3v) is 2.77. The maximum absolute atomic E-state index is 11.0. The molecule has 4 nitrogen and oxygen atoms in total. The molecule has 0 saturated carbocycles. The molecule has 1 aliphatic heterocycles. The Kier molecular flexibility index (Phi) is 4.10. The van der Waals surface area contributed by atoms with Gasteiger partial charge >= 0.3 is 0 Å². The van der Waals surface area contributed by atoms with E-state index in [1.165, 1.54) is 0 Å². The van der Waals surface area contributed by atoms with Gasteiger partial charge in [-0.2, -0.15) is 8.42 Å². The Morgan fingerprint density at radius 2 is 2.36 bits per heavy atom. The highest BCUT2D eigenvalue weighted by atomic mass is 32.2. The molecule has 0 spiro atoms. The van der Waals surface area contributed by atoms with Crippen LogP contribution in [0.25, 0.3) is 0 Å². The van der Waals surface area contributed by atoms with Gasteiger partial charge in [0.15, 0.2) is 0 Å². The molecule has 0 N–H and O–H groups in total. The van der Waals surface area contributed by atoms with Gasteiger partial charge < -0.3 is 4.74 Å². The maximum Gasteiger partial charge on any atom is 0.264 e. The van der Waals surface area contributed by atoms with Gasteiger partial charge in [-0.15, -0.1) is 6.58 Å². The molecule has 2 atom stereocenters. The second kappa shape index (κ2) is 4.91. The third kappa shape index (κ3) is 3.77. The monoisotopic (exact) mass is 220 g/mol. The minimum Gasteiger partial charge on any atom is -0.381 e. The molecule has 0 aliphatic carbocycles. The third-order valence-electron chi connectivity index (χ3n) is 2.17. The average Bonchev–Trinajstić information content (AvgIpc) is 2.06. The average molecular weight is 220 g/mol. The minimum atomic E-state index is -3.36. The van der Waals surface area contributed by atoms with E-state index in [2.05, 4.69) is 6.58 Å². The Morgan fingerprint density at radius 1 is 1.64 bits per heavy atom. The molecule has 14 heavy (non-hydrogen) atoms. The second-order valence-corrected chi connectivity index (χ2v) is 5.09. The second-order valence-electron chi connectivity index (χ2n) is 3.49. The lowest BCUT2D eigenvalue weighted by atomic mass is 9.95. The molecule has 0 aromatic rings. The molecule has 0 unspecified atom stereocenters. The van der Waals surface area contributed by atoms with E-state index in [0.717, 1.165) is 12.7 Å². The van der Waals surface area contributed by atoms with Crippen molar-refractivity contribution < 1.29 is 17.3 Å². The quantitative estimate of drug-likeness (QED) is 0.522. The Labute approximate surface area is 85.0 Å². The van der Waals surface area contributed by atoms with Crippen molar-refractivity contribution >= 4 is 10.1 Å². The summed E-state index contributed by atoms with van der Waals surface area (Å²) < 4.78 is 32.2. The highest BCUT2D eigenvalue weighted by Crippen LogP contribution is 2.22. The summed E-state index contributed by atoms with van der Waals surface area (Å²) in [4.78, 5) is 0. The molecule has 1 saturated heterocycles. The molecule has 0 aromatic carbocycles. The van der Waals surface area contributed by atoms with Gasteiger partial charge in [-0.3, -0.25) is 4.18 Å². The van der Waals surface area contributed by atoms with Gasteiger partial charge in [0.1, 0.15) is 0 Å². The molecular formula is C9H16O4S. The van der Waals surface area contributed by atoms with Crippen LogP contribution in [0, 0.1) is 5.92 Å². The standard InChI is InChI=1S/C9H16O4S/c1-3-4-8-7-12-6-5-9(8)13-14(2,10)11/h3,8-9H,1,4-7H2,2H3/t8-,9+/m0/s1. The zero-order valence-corrected chi connectivity index (χ0v) is 9.13. The normalized spacial score (nSPS) is 28.6. The summed E-state index contributed by atoms with van der Waals surface area (Å²) >= 11 is 0. The number of rotatable bonds is 4. The van der Waals surface area contributed by atoms with Crippen molar-refractivity contribution in [1.29, 1.82) is 0 Å². The van der Waals surface area contributed by atoms with Crippen LogP contribution >= 0.6 is 0 Å². The van der Waals surface area contributed by atoms with Crippen molar-refractivity contribution in [2.75, 3.05) is 19.5 Å². The summed E-state index contributed by atoms with van der Waals surface area (Å²) in [5.74, 6) is 0.107. The lowest BCUT2D eigenvalue weighted by Gasteiger charge is -2.29. The van der Waals surface area contributed by atoms with Gasteiger partial charge in [-0.1, -0.05) is 6.08 Å². The number of hydrogen-bond donors (Lipinski definition) is 0. The number of ether oxygens (including phenoxy) is 1. The first-order valence-electron chi connectivity index (χ1n) is 4.60. The molecule has 1 rings (SSSR count). The smallest absolute Gasteiger partial charge is 0.264 e.